The summed E-state index contributed by atoms with van der Waals surface area (Å²) in [5.41, 5.74) is 4.83. The largest absolute Gasteiger partial charge is 0.453 e. The molecule has 1 aliphatic carbocycles. The first-order valence-electron chi connectivity index (χ1n) is 5.61. The molecule has 0 radical (unpaired) electrons. The number of esters is 1. The van der Waals surface area contributed by atoms with E-state index in [-0.39, 0.29) is 12.1 Å². The number of ether oxygens (including phenoxy) is 1. The van der Waals surface area contributed by atoms with Crippen molar-refractivity contribution in [3.05, 3.63) is 41.0 Å². The predicted molar refractivity (Wildman–Crippen MR) is 64.0 cm³/mol. The highest BCUT2D eigenvalue weighted by atomic mass is 16.5. The maximum Gasteiger partial charge on any atom is 0.303 e. The number of rotatable bonds is 2. The molecule has 16 heavy (non-hydrogen) atoms. The van der Waals surface area contributed by atoms with Crippen LogP contribution in [-0.4, -0.2) is 5.97 Å². The fourth-order valence-electron chi connectivity index (χ4n) is 2.27. The fraction of sp³-hybridized carbons (Fsp3) is 0.357. The number of benzene rings is 1. The third-order valence-electron chi connectivity index (χ3n) is 2.98. The molecule has 1 aromatic carbocycles. The number of carbonyl (C=O) groups excluding carboxylic acids is 1. The Hall–Kier alpha value is -1.57. The SMILES string of the molecule is CCC1=CC(OC(C)=O)c2c(C)cccc21. The monoisotopic (exact) mass is 216 g/mol. The summed E-state index contributed by atoms with van der Waals surface area (Å²) in [4.78, 5) is 11.1. The molecule has 1 aromatic rings. The average Bonchev–Trinajstić information content (AvgIpc) is 2.57. The molecular formula is C14H16O2. The second kappa shape index (κ2) is 4.12. The fourth-order valence-corrected chi connectivity index (χ4v) is 2.27. The van der Waals surface area contributed by atoms with Crippen molar-refractivity contribution in [3.8, 4) is 0 Å². The van der Waals surface area contributed by atoms with Crippen LogP contribution in [0.2, 0.25) is 0 Å². The normalized spacial score (nSPS) is 17.9. The van der Waals surface area contributed by atoms with Crippen molar-refractivity contribution < 1.29 is 9.53 Å². The van der Waals surface area contributed by atoms with Gasteiger partial charge in [-0.15, -0.1) is 0 Å². The summed E-state index contributed by atoms with van der Waals surface area (Å²) in [6.07, 6.45) is 2.83. The summed E-state index contributed by atoms with van der Waals surface area (Å²) in [5, 5.41) is 0. The summed E-state index contributed by atoms with van der Waals surface area (Å²) in [7, 11) is 0. The van der Waals surface area contributed by atoms with Gasteiger partial charge in [0.1, 0.15) is 6.10 Å². The standard InChI is InChI=1S/C14H16O2/c1-4-11-8-13(16-10(3)15)14-9(2)6-5-7-12(11)14/h5-8,13H,4H2,1-3H3. The highest BCUT2D eigenvalue weighted by Crippen LogP contribution is 2.39. The zero-order chi connectivity index (χ0) is 11.7. The first kappa shape index (κ1) is 10.9. The van der Waals surface area contributed by atoms with E-state index < -0.39 is 0 Å². The molecule has 0 bridgehead atoms. The number of hydrogen-bond donors (Lipinski definition) is 0. The molecule has 0 spiro atoms. The minimum absolute atomic E-state index is 0.191. The van der Waals surface area contributed by atoms with E-state index in [0.29, 0.717) is 0 Å². The average molecular weight is 216 g/mol. The molecule has 0 heterocycles. The van der Waals surface area contributed by atoms with Crippen LogP contribution >= 0.6 is 0 Å². The first-order chi connectivity index (χ1) is 7.63. The van der Waals surface area contributed by atoms with Crippen molar-refractivity contribution in [1.29, 1.82) is 0 Å². The molecule has 1 aliphatic rings. The summed E-state index contributed by atoms with van der Waals surface area (Å²) < 4.78 is 5.34. The van der Waals surface area contributed by atoms with Crippen molar-refractivity contribution in [1.82, 2.24) is 0 Å². The Labute approximate surface area is 95.9 Å². The van der Waals surface area contributed by atoms with E-state index >= 15 is 0 Å². The third-order valence-corrected chi connectivity index (χ3v) is 2.98. The lowest BCUT2D eigenvalue weighted by molar-refractivity contribution is -0.144. The highest BCUT2D eigenvalue weighted by Gasteiger charge is 2.25. The molecule has 0 N–H and O–H groups in total. The molecule has 2 nitrogen and oxygen atoms in total. The van der Waals surface area contributed by atoms with Crippen molar-refractivity contribution in [2.75, 3.05) is 0 Å². The number of fused-ring (bicyclic) bond motifs is 1. The molecule has 84 valence electrons. The molecule has 0 fully saturated rings. The molecule has 1 atom stereocenters. The van der Waals surface area contributed by atoms with Gasteiger partial charge in [-0.05, 0) is 36.1 Å². The molecule has 0 saturated heterocycles. The van der Waals surface area contributed by atoms with E-state index in [1.165, 1.54) is 23.6 Å². The van der Waals surface area contributed by atoms with E-state index in [1.54, 1.807) is 0 Å². The second-order valence-corrected chi connectivity index (χ2v) is 4.11. The van der Waals surface area contributed by atoms with Crippen molar-refractivity contribution in [3.63, 3.8) is 0 Å². The van der Waals surface area contributed by atoms with Crippen molar-refractivity contribution >= 4 is 11.5 Å². The van der Waals surface area contributed by atoms with Crippen LogP contribution in [0.15, 0.2) is 24.3 Å². The maximum absolute atomic E-state index is 11.1. The van der Waals surface area contributed by atoms with Crippen LogP contribution in [0.1, 0.15) is 43.1 Å². The number of aryl methyl sites for hydroxylation is 1. The van der Waals surface area contributed by atoms with Gasteiger partial charge in [-0.25, -0.2) is 0 Å². The first-order valence-corrected chi connectivity index (χ1v) is 5.61. The van der Waals surface area contributed by atoms with Crippen molar-refractivity contribution in [2.24, 2.45) is 0 Å². The van der Waals surface area contributed by atoms with Crippen LogP contribution in [-0.2, 0) is 9.53 Å². The number of hydrogen-bond acceptors (Lipinski definition) is 2. The topological polar surface area (TPSA) is 26.3 Å². The summed E-state index contributed by atoms with van der Waals surface area (Å²) >= 11 is 0. The van der Waals surface area contributed by atoms with Gasteiger partial charge in [0.15, 0.2) is 0 Å². The van der Waals surface area contributed by atoms with E-state index in [0.717, 1.165) is 12.0 Å². The molecule has 0 amide bonds. The van der Waals surface area contributed by atoms with Crippen LogP contribution in [0.5, 0.6) is 0 Å². The molecule has 2 rings (SSSR count). The summed E-state index contributed by atoms with van der Waals surface area (Å²) in [6, 6.07) is 6.21. The minimum atomic E-state index is -0.229. The zero-order valence-corrected chi connectivity index (χ0v) is 9.91. The Morgan fingerprint density at radius 1 is 1.44 bits per heavy atom. The maximum atomic E-state index is 11.1. The molecule has 0 saturated carbocycles. The van der Waals surface area contributed by atoms with E-state index in [1.807, 2.05) is 6.07 Å². The van der Waals surface area contributed by atoms with Crippen LogP contribution in [0.3, 0.4) is 0 Å². The smallest absolute Gasteiger partial charge is 0.303 e. The van der Waals surface area contributed by atoms with Crippen LogP contribution in [0, 0.1) is 6.92 Å². The lowest BCUT2D eigenvalue weighted by Gasteiger charge is -2.13. The summed E-state index contributed by atoms with van der Waals surface area (Å²) in [6.45, 7) is 5.63. The van der Waals surface area contributed by atoms with Gasteiger partial charge in [0, 0.05) is 12.5 Å². The molecule has 0 aromatic heterocycles. The molecular weight excluding hydrogens is 200 g/mol. The Morgan fingerprint density at radius 3 is 2.81 bits per heavy atom. The Bertz CT molecular complexity index is 458. The summed E-state index contributed by atoms with van der Waals surface area (Å²) in [5.74, 6) is -0.229. The quantitative estimate of drug-likeness (QED) is 0.708. The van der Waals surface area contributed by atoms with Gasteiger partial charge < -0.3 is 4.74 Å². The molecule has 0 aliphatic heterocycles. The van der Waals surface area contributed by atoms with Gasteiger partial charge in [0.25, 0.3) is 0 Å². The van der Waals surface area contributed by atoms with Gasteiger partial charge in [0.05, 0.1) is 0 Å². The van der Waals surface area contributed by atoms with E-state index in [4.69, 9.17) is 4.74 Å². The van der Waals surface area contributed by atoms with Crippen LogP contribution in [0.4, 0.5) is 0 Å². The number of allylic oxidation sites excluding steroid dienone is 1. The lowest BCUT2D eigenvalue weighted by Crippen LogP contribution is -2.05. The van der Waals surface area contributed by atoms with Gasteiger partial charge in [0.2, 0.25) is 0 Å². The molecule has 2 heteroatoms. The Morgan fingerprint density at radius 2 is 2.19 bits per heavy atom. The second-order valence-electron chi connectivity index (χ2n) is 4.11. The third kappa shape index (κ3) is 1.75. The Kier molecular flexibility index (Phi) is 2.82. The van der Waals surface area contributed by atoms with Gasteiger partial charge >= 0.3 is 5.97 Å². The Balaban J connectivity index is 2.46. The van der Waals surface area contributed by atoms with Crippen molar-refractivity contribution in [2.45, 2.75) is 33.3 Å². The zero-order valence-electron chi connectivity index (χ0n) is 9.91. The lowest BCUT2D eigenvalue weighted by atomic mass is 9.99. The van der Waals surface area contributed by atoms with E-state index in [2.05, 4.69) is 32.1 Å². The van der Waals surface area contributed by atoms with Crippen LogP contribution in [0.25, 0.3) is 5.57 Å². The van der Waals surface area contributed by atoms with Gasteiger partial charge in [-0.2, -0.15) is 0 Å². The number of carbonyl (C=O) groups is 1. The minimum Gasteiger partial charge on any atom is -0.453 e. The molecule has 1 unspecified atom stereocenters. The predicted octanol–water partition coefficient (Wildman–Crippen LogP) is 3.41. The van der Waals surface area contributed by atoms with Gasteiger partial charge in [-0.1, -0.05) is 25.1 Å². The van der Waals surface area contributed by atoms with Gasteiger partial charge in [-0.3, -0.25) is 4.79 Å². The highest BCUT2D eigenvalue weighted by molar-refractivity contribution is 5.77. The van der Waals surface area contributed by atoms with Crippen LogP contribution < -0.4 is 0 Å². The van der Waals surface area contributed by atoms with E-state index in [9.17, 15) is 4.79 Å².